The van der Waals surface area contributed by atoms with E-state index in [1.165, 1.54) is 39.5 Å². The predicted octanol–water partition coefficient (Wildman–Crippen LogP) is 7.80. The van der Waals surface area contributed by atoms with Gasteiger partial charge in [0.05, 0.1) is 0 Å². The average Bonchev–Trinajstić information content (AvgIpc) is 3.33. The molecule has 3 rings (SSSR count). The van der Waals surface area contributed by atoms with E-state index in [4.69, 9.17) is 4.74 Å². The molecular formula is C32H46OSi. The van der Waals surface area contributed by atoms with Gasteiger partial charge < -0.3 is 4.74 Å². The molecule has 0 atom stereocenters. The molecule has 0 fully saturated rings. The van der Waals surface area contributed by atoms with Crippen LogP contribution in [-0.2, 0) is 17.3 Å². The van der Waals surface area contributed by atoms with Gasteiger partial charge in [0.15, 0.2) is 0 Å². The third kappa shape index (κ3) is 4.59. The summed E-state index contributed by atoms with van der Waals surface area (Å²) in [5.41, 5.74) is 5.92. The Balaban J connectivity index is 2.47. The Hall–Kier alpha value is -2.06. The first-order valence-electron chi connectivity index (χ1n) is 13.3. The number of benzene rings is 2. The van der Waals surface area contributed by atoms with Crippen molar-refractivity contribution in [1.82, 2.24) is 0 Å². The van der Waals surface area contributed by atoms with Crippen LogP contribution >= 0.6 is 0 Å². The molecule has 184 valence electrons. The summed E-state index contributed by atoms with van der Waals surface area (Å²) >= 11 is 0. The summed E-state index contributed by atoms with van der Waals surface area (Å²) in [4.78, 5) is 0. The molecule has 1 aliphatic rings. The van der Waals surface area contributed by atoms with Crippen molar-refractivity contribution in [2.45, 2.75) is 97.6 Å². The summed E-state index contributed by atoms with van der Waals surface area (Å²) in [5.74, 6) is 1.14. The summed E-state index contributed by atoms with van der Waals surface area (Å²) in [6, 6.07) is 14.4. The van der Waals surface area contributed by atoms with Gasteiger partial charge >= 0.3 is 0 Å². The molecule has 0 spiro atoms. The van der Waals surface area contributed by atoms with Crippen molar-refractivity contribution in [3.63, 3.8) is 0 Å². The Bertz CT molecular complexity index is 1050. The molecule has 2 aromatic carbocycles. The molecule has 0 aromatic heterocycles. The zero-order chi connectivity index (χ0) is 25.1. The molecule has 2 heteroatoms. The smallest absolute Gasteiger partial charge is 0.123 e. The first-order chi connectivity index (χ1) is 16.1. The highest BCUT2D eigenvalue weighted by molar-refractivity contribution is 7.03. The van der Waals surface area contributed by atoms with E-state index in [0.29, 0.717) is 6.61 Å². The fraction of sp³-hybridized carbons (Fsp3) is 0.500. The molecule has 1 nitrogen and oxygen atoms in total. The SMILES string of the molecule is C=CCOc1c(C(C)(C)CC)cc(C(C)(C)CC)cc1[Si](CC)(CC)c1cccc2c1C=CC2. The second kappa shape index (κ2) is 10.3. The third-order valence-corrected chi connectivity index (χ3v) is 14.1. The molecule has 0 saturated carbocycles. The standard InChI is InChI=1S/C32H46OSi/c1-10-21-33-30-27(32(8,9)12-3)22-25(31(6,7)11-2)23-29(30)34(13-4,14-5)28-20-16-18-24-17-15-19-26(24)28/h10,15-16,18-20,22-23H,1,11-14,17,21H2,2-9H3. The van der Waals surface area contributed by atoms with Crippen LogP contribution in [0.3, 0.4) is 0 Å². The van der Waals surface area contributed by atoms with Crippen molar-refractivity contribution in [1.29, 1.82) is 0 Å². The molecule has 2 aromatic rings. The summed E-state index contributed by atoms with van der Waals surface area (Å²) in [5, 5.41) is 3.07. The van der Waals surface area contributed by atoms with Crippen LogP contribution in [0, 0.1) is 0 Å². The van der Waals surface area contributed by atoms with Gasteiger partial charge in [-0.25, -0.2) is 0 Å². The van der Waals surface area contributed by atoms with Crippen molar-refractivity contribution in [3.05, 3.63) is 71.3 Å². The van der Waals surface area contributed by atoms with E-state index in [0.717, 1.165) is 25.0 Å². The monoisotopic (exact) mass is 474 g/mol. The van der Waals surface area contributed by atoms with Crippen LogP contribution < -0.4 is 15.1 Å². The van der Waals surface area contributed by atoms with Crippen LogP contribution in [0.4, 0.5) is 0 Å². The number of hydrogen-bond acceptors (Lipinski definition) is 1. The number of rotatable bonds is 11. The maximum atomic E-state index is 6.66. The van der Waals surface area contributed by atoms with Crippen LogP contribution in [0.2, 0.25) is 12.1 Å². The Kier molecular flexibility index (Phi) is 8.02. The minimum Gasteiger partial charge on any atom is -0.489 e. The van der Waals surface area contributed by atoms with Crippen molar-refractivity contribution in [2.24, 2.45) is 0 Å². The van der Waals surface area contributed by atoms with Crippen molar-refractivity contribution < 1.29 is 4.74 Å². The molecule has 0 saturated heterocycles. The second-order valence-electron chi connectivity index (χ2n) is 11.2. The molecular weight excluding hydrogens is 428 g/mol. The summed E-state index contributed by atoms with van der Waals surface area (Å²) in [7, 11) is -2.10. The molecule has 0 amide bonds. The molecule has 0 aliphatic heterocycles. The largest absolute Gasteiger partial charge is 0.489 e. The Morgan fingerprint density at radius 3 is 2.21 bits per heavy atom. The van der Waals surface area contributed by atoms with Gasteiger partial charge in [-0.2, -0.15) is 0 Å². The Morgan fingerprint density at radius 2 is 1.62 bits per heavy atom. The van der Waals surface area contributed by atoms with Crippen LogP contribution in [0.15, 0.2) is 49.1 Å². The normalized spacial score (nSPS) is 13.8. The molecule has 1 aliphatic carbocycles. The number of allylic oxidation sites excluding steroid dienone is 1. The van der Waals surface area contributed by atoms with Gasteiger partial charge in [-0.15, -0.1) is 0 Å². The zero-order valence-corrected chi connectivity index (χ0v) is 24.0. The fourth-order valence-corrected chi connectivity index (χ4v) is 10.00. The van der Waals surface area contributed by atoms with Gasteiger partial charge in [0.25, 0.3) is 0 Å². The van der Waals surface area contributed by atoms with Gasteiger partial charge in [0.2, 0.25) is 0 Å². The van der Waals surface area contributed by atoms with E-state index in [1.807, 2.05) is 6.08 Å². The lowest BCUT2D eigenvalue weighted by atomic mass is 9.76. The van der Waals surface area contributed by atoms with Crippen LogP contribution in [0.25, 0.3) is 6.08 Å². The maximum absolute atomic E-state index is 6.66. The molecule has 0 N–H and O–H groups in total. The summed E-state index contributed by atoms with van der Waals surface area (Å²) < 4.78 is 6.66. The lowest BCUT2D eigenvalue weighted by molar-refractivity contribution is 0.348. The molecule has 0 unspecified atom stereocenters. The zero-order valence-electron chi connectivity index (χ0n) is 23.0. The first kappa shape index (κ1) is 26.5. The van der Waals surface area contributed by atoms with E-state index >= 15 is 0 Å². The molecule has 0 heterocycles. The van der Waals surface area contributed by atoms with E-state index in [1.54, 1.807) is 5.19 Å². The summed E-state index contributed by atoms with van der Waals surface area (Å²) in [6.45, 7) is 23.5. The minimum absolute atomic E-state index is 0.0330. The highest BCUT2D eigenvalue weighted by atomic mass is 28.3. The van der Waals surface area contributed by atoms with Crippen LogP contribution in [-0.4, -0.2) is 14.7 Å². The van der Waals surface area contributed by atoms with Gasteiger partial charge in [-0.05, 0) is 62.7 Å². The molecule has 34 heavy (non-hydrogen) atoms. The van der Waals surface area contributed by atoms with Gasteiger partial charge in [0.1, 0.15) is 20.4 Å². The fourth-order valence-electron chi connectivity index (χ4n) is 5.44. The number of hydrogen-bond donors (Lipinski definition) is 0. The van der Waals surface area contributed by atoms with Gasteiger partial charge in [-0.1, -0.05) is 123 Å². The topological polar surface area (TPSA) is 9.23 Å². The van der Waals surface area contributed by atoms with E-state index in [-0.39, 0.29) is 10.8 Å². The van der Waals surface area contributed by atoms with Crippen LogP contribution in [0.5, 0.6) is 5.75 Å². The summed E-state index contributed by atoms with van der Waals surface area (Å²) in [6.07, 6.45) is 9.83. The Labute approximate surface area is 210 Å². The Morgan fingerprint density at radius 1 is 0.941 bits per heavy atom. The number of fused-ring (bicyclic) bond motifs is 1. The van der Waals surface area contributed by atoms with E-state index in [2.05, 4.69) is 104 Å². The third-order valence-electron chi connectivity index (χ3n) is 8.77. The van der Waals surface area contributed by atoms with Crippen LogP contribution in [0.1, 0.15) is 90.5 Å². The lowest BCUT2D eigenvalue weighted by Crippen LogP contribution is -2.59. The lowest BCUT2D eigenvalue weighted by Gasteiger charge is -2.38. The van der Waals surface area contributed by atoms with E-state index in [9.17, 15) is 0 Å². The quantitative estimate of drug-likeness (QED) is 0.238. The average molecular weight is 475 g/mol. The minimum atomic E-state index is -2.10. The second-order valence-corrected chi connectivity index (χ2v) is 15.9. The van der Waals surface area contributed by atoms with Crippen molar-refractivity contribution in [3.8, 4) is 5.75 Å². The number of ether oxygens (including phenoxy) is 1. The first-order valence-corrected chi connectivity index (χ1v) is 15.7. The molecule has 0 radical (unpaired) electrons. The van der Waals surface area contributed by atoms with E-state index < -0.39 is 8.07 Å². The highest BCUT2D eigenvalue weighted by Gasteiger charge is 2.41. The highest BCUT2D eigenvalue weighted by Crippen LogP contribution is 2.40. The maximum Gasteiger partial charge on any atom is 0.123 e. The van der Waals surface area contributed by atoms with Crippen molar-refractivity contribution >= 4 is 24.5 Å². The van der Waals surface area contributed by atoms with Gasteiger partial charge in [0, 0.05) is 0 Å². The molecule has 0 bridgehead atoms. The van der Waals surface area contributed by atoms with Crippen molar-refractivity contribution in [2.75, 3.05) is 6.61 Å². The predicted molar refractivity (Wildman–Crippen MR) is 154 cm³/mol. The van der Waals surface area contributed by atoms with Gasteiger partial charge in [-0.3, -0.25) is 0 Å².